The monoisotopic (exact) mass is 363 g/mol. The molecular weight excluding hydrogens is 334 g/mol. The van der Waals surface area contributed by atoms with E-state index in [1.807, 2.05) is 27.7 Å². The number of hydrogen-bond donors (Lipinski definition) is 0. The van der Waals surface area contributed by atoms with Crippen LogP contribution in [0.1, 0.15) is 40.2 Å². The molecule has 1 aromatic rings. The van der Waals surface area contributed by atoms with Crippen LogP contribution in [0.5, 0.6) is 11.5 Å². The van der Waals surface area contributed by atoms with Crippen molar-refractivity contribution in [1.29, 1.82) is 0 Å². The number of methoxy groups -OCH3 is 2. The first-order chi connectivity index (χ1) is 12.2. The average Bonchev–Trinajstić information content (AvgIpc) is 2.58. The quantitative estimate of drug-likeness (QED) is 0.524. The summed E-state index contributed by atoms with van der Waals surface area (Å²) in [7, 11) is 3.10. The number of nitrogens with zero attached hydrogens (tertiary/aromatic N) is 1. The molecule has 0 radical (unpaired) electrons. The normalized spacial score (nSPS) is 12.3. The molecule has 0 aliphatic rings. The first kappa shape index (κ1) is 21.5. The van der Waals surface area contributed by atoms with Crippen LogP contribution in [0.2, 0.25) is 0 Å². The third kappa shape index (κ3) is 5.79. The van der Waals surface area contributed by atoms with Gasteiger partial charge in [0.25, 0.3) is 5.91 Å². The minimum atomic E-state index is -0.845. The Kier molecular flexibility index (Phi) is 8.16. The molecule has 144 valence electrons. The van der Waals surface area contributed by atoms with Crippen molar-refractivity contribution in [1.82, 2.24) is 4.90 Å². The highest BCUT2D eigenvalue weighted by atomic mass is 16.5. The van der Waals surface area contributed by atoms with Crippen LogP contribution in [0.4, 0.5) is 0 Å². The highest BCUT2D eigenvalue weighted by molar-refractivity contribution is 5.90. The molecule has 0 saturated carbocycles. The van der Waals surface area contributed by atoms with Crippen molar-refractivity contribution in [2.24, 2.45) is 0 Å². The van der Waals surface area contributed by atoms with E-state index in [1.165, 1.54) is 6.08 Å². The van der Waals surface area contributed by atoms with Gasteiger partial charge in [-0.2, -0.15) is 0 Å². The number of carbonyl (C=O) groups is 2. The minimum absolute atomic E-state index is 0.0333. The molecule has 1 unspecified atom stereocenters. The van der Waals surface area contributed by atoms with Gasteiger partial charge in [0.15, 0.2) is 17.6 Å². The maximum Gasteiger partial charge on any atom is 0.331 e. The molecule has 1 amide bonds. The predicted molar refractivity (Wildman–Crippen MR) is 101 cm³/mol. The molecule has 0 spiro atoms. The summed E-state index contributed by atoms with van der Waals surface area (Å²) in [6.07, 6.45) is 2.05. The van der Waals surface area contributed by atoms with Crippen LogP contribution in [-0.2, 0) is 14.3 Å². The summed E-state index contributed by atoms with van der Waals surface area (Å²) in [4.78, 5) is 26.2. The van der Waals surface area contributed by atoms with Crippen LogP contribution in [0, 0.1) is 0 Å². The minimum Gasteiger partial charge on any atom is -0.493 e. The summed E-state index contributed by atoms with van der Waals surface area (Å²) in [6, 6.07) is 5.35. The Morgan fingerprint density at radius 1 is 0.962 bits per heavy atom. The van der Waals surface area contributed by atoms with Crippen molar-refractivity contribution in [3.8, 4) is 11.5 Å². The Morgan fingerprint density at radius 3 is 2.04 bits per heavy atom. The van der Waals surface area contributed by atoms with Crippen molar-refractivity contribution < 1.29 is 23.8 Å². The molecule has 6 heteroatoms. The fourth-order valence-corrected chi connectivity index (χ4v) is 2.70. The molecule has 0 bridgehead atoms. The molecule has 0 aliphatic heterocycles. The number of ether oxygens (including phenoxy) is 3. The van der Waals surface area contributed by atoms with Gasteiger partial charge < -0.3 is 19.1 Å². The molecule has 1 atom stereocenters. The summed E-state index contributed by atoms with van der Waals surface area (Å²) < 4.78 is 15.6. The van der Waals surface area contributed by atoms with Crippen LogP contribution in [0.15, 0.2) is 24.3 Å². The number of amides is 1. The Hall–Kier alpha value is -2.50. The summed E-state index contributed by atoms with van der Waals surface area (Å²) in [5.74, 6) is 0.390. The van der Waals surface area contributed by atoms with E-state index >= 15 is 0 Å². The second kappa shape index (κ2) is 9.85. The first-order valence-corrected chi connectivity index (χ1v) is 8.64. The Bertz CT molecular complexity index is 644. The molecule has 1 aromatic carbocycles. The molecule has 1 rings (SSSR count). The summed E-state index contributed by atoms with van der Waals surface area (Å²) in [6.45, 7) is 9.32. The second-order valence-corrected chi connectivity index (χ2v) is 6.46. The molecule has 6 nitrogen and oxygen atoms in total. The molecule has 0 fully saturated rings. The topological polar surface area (TPSA) is 65.1 Å². The summed E-state index contributed by atoms with van der Waals surface area (Å²) in [5.41, 5.74) is 0.754. The van der Waals surface area contributed by atoms with Crippen LogP contribution < -0.4 is 9.47 Å². The first-order valence-electron chi connectivity index (χ1n) is 8.64. The van der Waals surface area contributed by atoms with Gasteiger partial charge in [-0.05, 0) is 58.4 Å². The smallest absolute Gasteiger partial charge is 0.331 e. The number of hydrogen-bond acceptors (Lipinski definition) is 5. The molecule has 0 heterocycles. The van der Waals surface area contributed by atoms with Gasteiger partial charge in [0, 0.05) is 18.2 Å². The van der Waals surface area contributed by atoms with Crippen molar-refractivity contribution in [3.05, 3.63) is 29.8 Å². The third-order valence-corrected chi connectivity index (χ3v) is 3.83. The zero-order valence-corrected chi connectivity index (χ0v) is 16.6. The molecule has 0 aromatic heterocycles. The van der Waals surface area contributed by atoms with Gasteiger partial charge in [0.2, 0.25) is 0 Å². The highest BCUT2D eigenvalue weighted by Crippen LogP contribution is 2.27. The van der Waals surface area contributed by atoms with Crippen LogP contribution >= 0.6 is 0 Å². The van der Waals surface area contributed by atoms with E-state index in [1.54, 1.807) is 50.3 Å². The molecular formula is C20H29NO5. The van der Waals surface area contributed by atoms with E-state index in [9.17, 15) is 9.59 Å². The average molecular weight is 363 g/mol. The molecule has 0 saturated heterocycles. The van der Waals surface area contributed by atoms with Crippen molar-refractivity contribution in [3.63, 3.8) is 0 Å². The van der Waals surface area contributed by atoms with Gasteiger partial charge in [0.1, 0.15) is 0 Å². The van der Waals surface area contributed by atoms with Crippen LogP contribution in [0.3, 0.4) is 0 Å². The Balaban J connectivity index is 2.76. The lowest BCUT2D eigenvalue weighted by Gasteiger charge is -2.32. The standard InChI is InChI=1S/C20H29NO5/c1-13(2)21(14(3)4)20(23)15(5)26-19(22)11-9-16-8-10-17(24-6)18(12-16)25-7/h8-15H,1-7H3/b11-9+. The van der Waals surface area contributed by atoms with Crippen LogP contribution in [-0.4, -0.2) is 49.2 Å². The number of carbonyl (C=O) groups excluding carboxylic acids is 2. The fraction of sp³-hybridized carbons (Fsp3) is 0.500. The number of esters is 1. The van der Waals surface area contributed by atoms with E-state index in [0.29, 0.717) is 11.5 Å². The van der Waals surface area contributed by atoms with E-state index in [4.69, 9.17) is 14.2 Å². The molecule has 0 aliphatic carbocycles. The van der Waals surface area contributed by atoms with Gasteiger partial charge >= 0.3 is 5.97 Å². The van der Waals surface area contributed by atoms with Gasteiger partial charge in [0.05, 0.1) is 14.2 Å². The second-order valence-electron chi connectivity index (χ2n) is 6.46. The lowest BCUT2D eigenvalue weighted by Crippen LogP contribution is -2.47. The van der Waals surface area contributed by atoms with E-state index in [2.05, 4.69) is 0 Å². The maximum atomic E-state index is 12.5. The van der Waals surface area contributed by atoms with Gasteiger partial charge in [-0.25, -0.2) is 4.79 Å². The zero-order chi connectivity index (χ0) is 19.9. The largest absolute Gasteiger partial charge is 0.493 e. The highest BCUT2D eigenvalue weighted by Gasteiger charge is 2.27. The summed E-state index contributed by atoms with van der Waals surface area (Å²) >= 11 is 0. The fourth-order valence-electron chi connectivity index (χ4n) is 2.70. The maximum absolute atomic E-state index is 12.5. The van der Waals surface area contributed by atoms with Gasteiger partial charge in [-0.15, -0.1) is 0 Å². The zero-order valence-electron chi connectivity index (χ0n) is 16.6. The molecule has 0 N–H and O–H groups in total. The summed E-state index contributed by atoms with van der Waals surface area (Å²) in [5, 5.41) is 0. The van der Waals surface area contributed by atoms with E-state index < -0.39 is 12.1 Å². The Labute approximate surface area is 155 Å². The Morgan fingerprint density at radius 2 is 1.54 bits per heavy atom. The van der Waals surface area contributed by atoms with Gasteiger partial charge in [-0.1, -0.05) is 6.07 Å². The van der Waals surface area contributed by atoms with Crippen molar-refractivity contribution in [2.45, 2.75) is 52.8 Å². The molecule has 26 heavy (non-hydrogen) atoms. The lowest BCUT2D eigenvalue weighted by atomic mass is 10.2. The predicted octanol–water partition coefficient (Wildman–Crippen LogP) is 3.29. The van der Waals surface area contributed by atoms with E-state index in [0.717, 1.165) is 5.56 Å². The number of rotatable bonds is 8. The van der Waals surface area contributed by atoms with Gasteiger partial charge in [-0.3, -0.25) is 4.79 Å². The van der Waals surface area contributed by atoms with Crippen molar-refractivity contribution >= 4 is 18.0 Å². The SMILES string of the molecule is COc1ccc(/C=C/C(=O)OC(C)C(=O)N(C(C)C)C(C)C)cc1OC. The van der Waals surface area contributed by atoms with Crippen molar-refractivity contribution in [2.75, 3.05) is 14.2 Å². The lowest BCUT2D eigenvalue weighted by molar-refractivity contribution is -0.157. The van der Waals surface area contributed by atoms with E-state index in [-0.39, 0.29) is 18.0 Å². The third-order valence-electron chi connectivity index (χ3n) is 3.83. The number of benzene rings is 1. The van der Waals surface area contributed by atoms with Crippen LogP contribution in [0.25, 0.3) is 6.08 Å².